The zero-order valence-corrected chi connectivity index (χ0v) is 23.8. The van der Waals surface area contributed by atoms with Crippen LogP contribution in [0.2, 0.25) is 0 Å². The lowest BCUT2D eigenvalue weighted by Gasteiger charge is -2.08. The van der Waals surface area contributed by atoms with Gasteiger partial charge in [-0.15, -0.1) is 0 Å². The molecule has 7 nitrogen and oxygen atoms in total. The number of nitrogens with zero attached hydrogens (tertiary/aromatic N) is 3. The largest absolute Gasteiger partial charge is 0.494 e. The number of aromatic nitrogens is 3. The van der Waals surface area contributed by atoms with Crippen molar-refractivity contribution in [3.63, 3.8) is 0 Å². The lowest BCUT2D eigenvalue weighted by molar-refractivity contribution is -0.122. The molecule has 42 heavy (non-hydrogen) atoms. The number of nitrogens with one attached hydrogen (secondary N) is 1. The van der Waals surface area contributed by atoms with Crippen LogP contribution in [-0.4, -0.2) is 32.5 Å². The summed E-state index contributed by atoms with van der Waals surface area (Å²) in [5.74, 6) is -0.00208. The summed E-state index contributed by atoms with van der Waals surface area (Å²) >= 11 is 0. The predicted molar refractivity (Wildman–Crippen MR) is 165 cm³/mol. The summed E-state index contributed by atoms with van der Waals surface area (Å²) in [5, 5.41) is 3.48. The predicted octanol–water partition coefficient (Wildman–Crippen LogP) is 6.21. The second-order valence-corrected chi connectivity index (χ2v) is 10.7. The van der Waals surface area contributed by atoms with Crippen LogP contribution in [-0.2, 0) is 29.1 Å². The van der Waals surface area contributed by atoms with Crippen molar-refractivity contribution >= 4 is 33.9 Å². The molecule has 3 aromatic carbocycles. The summed E-state index contributed by atoms with van der Waals surface area (Å²) in [5.41, 5.74) is 5.76. The number of fused-ring (bicyclic) bond motifs is 1. The molecule has 1 aliphatic rings. The second-order valence-electron chi connectivity index (χ2n) is 10.7. The van der Waals surface area contributed by atoms with Crippen LogP contribution >= 0.6 is 0 Å². The van der Waals surface area contributed by atoms with Gasteiger partial charge in [0.05, 0.1) is 24.1 Å². The molecule has 0 atom stereocenters. The van der Waals surface area contributed by atoms with Gasteiger partial charge in [0.1, 0.15) is 5.75 Å². The third-order valence-corrected chi connectivity index (χ3v) is 7.82. The molecular weight excluding hydrogens is 524 g/mol. The zero-order chi connectivity index (χ0) is 28.9. The second kappa shape index (κ2) is 12.3. The Hall–Kier alpha value is -4.91. The van der Waals surface area contributed by atoms with E-state index < -0.39 is 0 Å². The molecule has 212 valence electrons. The number of benzene rings is 3. The molecule has 0 bridgehead atoms. The molecule has 7 heteroatoms. The first-order valence-corrected chi connectivity index (χ1v) is 14.5. The number of unbranched alkanes of at least 4 members (excludes halogenated alkanes) is 1. The van der Waals surface area contributed by atoms with Gasteiger partial charge in [-0.05, 0) is 61.9 Å². The molecule has 1 N–H and O–H groups in total. The highest BCUT2D eigenvalue weighted by Crippen LogP contribution is 2.36. The van der Waals surface area contributed by atoms with E-state index in [1.807, 2.05) is 74.2 Å². The van der Waals surface area contributed by atoms with Crippen molar-refractivity contribution in [3.05, 3.63) is 120 Å². The molecule has 0 radical (unpaired) electrons. The molecule has 0 spiro atoms. The van der Waals surface area contributed by atoms with E-state index >= 15 is 0 Å². The number of hydrogen-bond acceptors (Lipinski definition) is 4. The van der Waals surface area contributed by atoms with Crippen molar-refractivity contribution in [3.8, 4) is 5.75 Å². The number of amides is 2. The van der Waals surface area contributed by atoms with Crippen LogP contribution in [0.25, 0.3) is 22.0 Å². The van der Waals surface area contributed by atoms with Gasteiger partial charge in [-0.3, -0.25) is 14.9 Å². The Bertz CT molecular complexity index is 1750. The van der Waals surface area contributed by atoms with E-state index in [1.165, 1.54) is 5.56 Å². The highest BCUT2D eigenvalue weighted by atomic mass is 16.5. The van der Waals surface area contributed by atoms with E-state index in [9.17, 15) is 9.59 Å². The van der Waals surface area contributed by atoms with Gasteiger partial charge in [0.15, 0.2) is 0 Å². The summed E-state index contributed by atoms with van der Waals surface area (Å²) in [6.45, 7) is 4.29. The number of carbonyl (C=O) groups is 2. The Morgan fingerprint density at radius 3 is 2.31 bits per heavy atom. The molecule has 2 amide bonds. The summed E-state index contributed by atoms with van der Waals surface area (Å²) in [4.78, 5) is 30.4. The summed E-state index contributed by atoms with van der Waals surface area (Å²) in [6.07, 6.45) is 9.66. The Labute approximate surface area is 245 Å². The molecule has 1 aliphatic heterocycles. The van der Waals surface area contributed by atoms with E-state index in [1.54, 1.807) is 0 Å². The molecule has 0 saturated carbocycles. The molecule has 0 saturated heterocycles. The number of hydrogen-bond donors (Lipinski definition) is 1. The molecule has 2 aromatic heterocycles. The van der Waals surface area contributed by atoms with E-state index in [0.29, 0.717) is 23.3 Å². The van der Waals surface area contributed by atoms with Gasteiger partial charge in [-0.2, -0.15) is 0 Å². The Morgan fingerprint density at radius 1 is 0.786 bits per heavy atom. The third kappa shape index (κ3) is 5.77. The highest BCUT2D eigenvalue weighted by Gasteiger charge is 2.33. The number of aryl methyl sites for hydroxylation is 4. The van der Waals surface area contributed by atoms with Gasteiger partial charge < -0.3 is 13.9 Å². The number of carbonyl (C=O) groups excluding carboxylic acids is 2. The fraction of sp³-hybridized carbons (Fsp3) is 0.229. The fourth-order valence-electron chi connectivity index (χ4n) is 5.63. The lowest BCUT2D eigenvalue weighted by Crippen LogP contribution is -2.22. The maximum atomic E-state index is 13.2. The van der Waals surface area contributed by atoms with Gasteiger partial charge in [-0.1, -0.05) is 60.7 Å². The maximum absolute atomic E-state index is 13.2. The van der Waals surface area contributed by atoms with Gasteiger partial charge in [0, 0.05) is 47.6 Å². The van der Waals surface area contributed by atoms with Crippen LogP contribution in [0, 0.1) is 6.92 Å². The number of imide groups is 1. The van der Waals surface area contributed by atoms with Crippen molar-refractivity contribution in [2.75, 3.05) is 6.61 Å². The molecule has 3 heterocycles. The van der Waals surface area contributed by atoms with Gasteiger partial charge in [-0.25, -0.2) is 4.98 Å². The summed E-state index contributed by atoms with van der Waals surface area (Å²) < 4.78 is 10.3. The van der Waals surface area contributed by atoms with Crippen molar-refractivity contribution < 1.29 is 14.3 Å². The molecular formula is C35H34N4O3. The van der Waals surface area contributed by atoms with Crippen LogP contribution in [0.15, 0.2) is 97.6 Å². The first kappa shape index (κ1) is 27.3. The Morgan fingerprint density at radius 2 is 1.52 bits per heavy atom. The minimum Gasteiger partial charge on any atom is -0.494 e. The van der Waals surface area contributed by atoms with E-state index in [4.69, 9.17) is 4.74 Å². The average Bonchev–Trinajstić information content (AvgIpc) is 3.68. The van der Waals surface area contributed by atoms with E-state index in [2.05, 4.69) is 49.8 Å². The van der Waals surface area contributed by atoms with Crippen LogP contribution in [0.1, 0.15) is 41.6 Å². The number of rotatable bonds is 12. The maximum Gasteiger partial charge on any atom is 0.259 e. The van der Waals surface area contributed by atoms with Crippen molar-refractivity contribution in [1.29, 1.82) is 0 Å². The normalized spacial score (nSPS) is 13.3. The Balaban J connectivity index is 1.19. The van der Waals surface area contributed by atoms with Gasteiger partial charge >= 0.3 is 0 Å². The third-order valence-electron chi connectivity index (χ3n) is 7.82. The zero-order valence-electron chi connectivity index (χ0n) is 23.8. The van der Waals surface area contributed by atoms with Crippen molar-refractivity contribution in [2.24, 2.45) is 0 Å². The van der Waals surface area contributed by atoms with E-state index in [0.717, 1.165) is 66.7 Å². The Kier molecular flexibility index (Phi) is 7.99. The minimum absolute atomic E-state index is 0.370. The number of imidazole rings is 1. The molecule has 0 unspecified atom stereocenters. The average molecular weight is 559 g/mol. The summed E-state index contributed by atoms with van der Waals surface area (Å²) in [7, 11) is 0. The van der Waals surface area contributed by atoms with Crippen LogP contribution < -0.4 is 10.1 Å². The van der Waals surface area contributed by atoms with Crippen LogP contribution in [0.5, 0.6) is 5.75 Å². The summed E-state index contributed by atoms with van der Waals surface area (Å²) in [6, 6.07) is 25.9. The number of ether oxygens (including phenoxy) is 1. The molecule has 6 rings (SSSR count). The molecule has 5 aromatic rings. The van der Waals surface area contributed by atoms with Crippen LogP contribution in [0.4, 0.5) is 0 Å². The lowest BCUT2D eigenvalue weighted by atomic mass is 9.96. The SMILES string of the molecule is Cc1cncn1CCCn1cc(C2=C(c3ccc(OCCCCc4ccccc4)cc3)C(=O)NC2=O)c2ccccc21. The smallest absolute Gasteiger partial charge is 0.259 e. The topological polar surface area (TPSA) is 78.2 Å². The van der Waals surface area contributed by atoms with Crippen molar-refractivity contribution in [1.82, 2.24) is 19.4 Å². The van der Waals surface area contributed by atoms with Crippen LogP contribution in [0.3, 0.4) is 0 Å². The fourth-order valence-corrected chi connectivity index (χ4v) is 5.63. The number of para-hydroxylation sites is 1. The quantitative estimate of drug-likeness (QED) is 0.146. The minimum atomic E-state index is -0.378. The van der Waals surface area contributed by atoms with Gasteiger partial charge in [0.2, 0.25) is 0 Å². The monoisotopic (exact) mass is 558 g/mol. The first-order chi connectivity index (χ1) is 20.6. The first-order valence-electron chi connectivity index (χ1n) is 14.5. The molecule has 0 aliphatic carbocycles. The van der Waals surface area contributed by atoms with Gasteiger partial charge in [0.25, 0.3) is 11.8 Å². The standard InChI is InChI=1S/C35H34N4O3/c1-25-22-36-24-39(25)20-9-19-38-23-30(29-13-5-6-14-31(29)38)33-32(34(40)37-35(33)41)27-15-17-28(18-16-27)42-21-8-7-12-26-10-3-2-4-11-26/h2-6,10-11,13-18,22-24H,7-9,12,19-21H2,1H3,(H,37,40,41). The van der Waals surface area contributed by atoms with Crippen molar-refractivity contribution in [2.45, 2.75) is 45.7 Å². The van der Waals surface area contributed by atoms with E-state index in [-0.39, 0.29) is 11.8 Å². The molecule has 0 fully saturated rings. The highest BCUT2D eigenvalue weighted by molar-refractivity contribution is 6.50.